The Morgan fingerprint density at radius 3 is 2.54 bits per heavy atom. The van der Waals surface area contributed by atoms with Crippen LogP contribution < -0.4 is 0 Å². The van der Waals surface area contributed by atoms with Gasteiger partial charge in [0.05, 0.1) is 0 Å². The molecule has 4 heteroatoms. The van der Waals surface area contributed by atoms with Crippen LogP contribution in [0.5, 0.6) is 0 Å². The molecule has 1 rings (SSSR count). The molecule has 1 fully saturated rings. The Balaban J connectivity index is 2.36. The van der Waals surface area contributed by atoms with Gasteiger partial charge in [-0.3, -0.25) is 0 Å². The second-order valence-electron chi connectivity index (χ2n) is 3.77. The van der Waals surface area contributed by atoms with E-state index in [2.05, 4.69) is 0 Å². The number of esters is 1. The molecule has 0 aromatic rings. The molecule has 0 radical (unpaired) electrons. The van der Waals surface area contributed by atoms with E-state index in [-0.39, 0.29) is 5.97 Å². The third-order valence-corrected chi connectivity index (χ3v) is 6.08. The molecule has 1 aliphatic heterocycles. The van der Waals surface area contributed by atoms with Gasteiger partial charge < -0.3 is 0 Å². The van der Waals surface area contributed by atoms with Crippen molar-refractivity contribution < 1.29 is 14.4 Å². The maximum atomic E-state index is 11.2. The van der Waals surface area contributed by atoms with Crippen LogP contribution in [0.2, 0.25) is 0 Å². The Hall–Kier alpha value is -0.140. The standard InChI is InChI=1S/C9H19O3P/c1-2-12-9(10)8-13(11)6-4-3-5-7-13/h11,13H,2-8H2,1H3. The van der Waals surface area contributed by atoms with Crippen molar-refractivity contribution in [2.75, 3.05) is 25.1 Å². The zero-order valence-electron chi connectivity index (χ0n) is 8.21. The van der Waals surface area contributed by atoms with Crippen LogP contribution in [-0.2, 0) is 9.53 Å². The first-order valence-corrected chi connectivity index (χ1v) is 7.61. The van der Waals surface area contributed by atoms with Gasteiger partial charge in [-0.1, -0.05) is 0 Å². The maximum absolute atomic E-state index is 11.2. The first-order valence-electron chi connectivity index (χ1n) is 5.04. The number of hydrogen-bond acceptors (Lipinski definition) is 3. The molecule has 1 N–H and O–H groups in total. The fourth-order valence-electron chi connectivity index (χ4n) is 1.87. The third kappa shape index (κ3) is 3.61. The van der Waals surface area contributed by atoms with Crippen molar-refractivity contribution in [2.24, 2.45) is 0 Å². The van der Waals surface area contributed by atoms with Crippen molar-refractivity contribution in [3.05, 3.63) is 0 Å². The Labute approximate surface area is 79.9 Å². The summed E-state index contributed by atoms with van der Waals surface area (Å²) < 4.78 is 4.85. The van der Waals surface area contributed by atoms with E-state index in [9.17, 15) is 9.69 Å². The van der Waals surface area contributed by atoms with Crippen molar-refractivity contribution >= 4 is 13.5 Å². The molecule has 0 bridgehead atoms. The minimum absolute atomic E-state index is 0.210. The molecule has 1 saturated heterocycles. The molecule has 0 saturated carbocycles. The number of rotatable bonds is 3. The van der Waals surface area contributed by atoms with Gasteiger partial charge in [-0.15, -0.1) is 0 Å². The van der Waals surface area contributed by atoms with Gasteiger partial charge >= 0.3 is 79.2 Å². The summed E-state index contributed by atoms with van der Waals surface area (Å²) in [7, 11) is -2.21. The fourth-order valence-corrected chi connectivity index (χ4v) is 4.93. The van der Waals surface area contributed by atoms with E-state index in [0.717, 1.165) is 25.2 Å². The summed E-state index contributed by atoms with van der Waals surface area (Å²) in [4.78, 5) is 21.3. The Bertz CT molecular complexity index is 176. The van der Waals surface area contributed by atoms with Crippen LogP contribution >= 0.6 is 7.49 Å². The second kappa shape index (κ2) is 4.92. The van der Waals surface area contributed by atoms with Gasteiger partial charge in [-0.25, -0.2) is 0 Å². The SMILES string of the molecule is CCOC(=O)C[PH]1(O)CCCCC1. The predicted molar refractivity (Wildman–Crippen MR) is 55.6 cm³/mol. The minimum atomic E-state index is -2.21. The van der Waals surface area contributed by atoms with Crippen molar-refractivity contribution in [1.29, 1.82) is 0 Å². The summed E-state index contributed by atoms with van der Waals surface area (Å²) in [5.41, 5.74) is 0. The van der Waals surface area contributed by atoms with Gasteiger partial charge in [-0.05, 0) is 0 Å². The predicted octanol–water partition coefficient (Wildman–Crippen LogP) is 1.39. The van der Waals surface area contributed by atoms with Gasteiger partial charge in [0, 0.05) is 0 Å². The van der Waals surface area contributed by atoms with Crippen molar-refractivity contribution in [3.8, 4) is 0 Å². The van der Waals surface area contributed by atoms with Gasteiger partial charge in [0.1, 0.15) is 0 Å². The number of carbonyl (C=O) groups is 1. The Morgan fingerprint density at radius 1 is 1.38 bits per heavy atom. The van der Waals surface area contributed by atoms with Crippen molar-refractivity contribution in [2.45, 2.75) is 26.2 Å². The molecule has 0 aliphatic carbocycles. The average Bonchev–Trinajstić information content (AvgIpc) is 2.04. The topological polar surface area (TPSA) is 46.5 Å². The summed E-state index contributed by atoms with van der Waals surface area (Å²) in [6.45, 7) is 2.22. The van der Waals surface area contributed by atoms with Crippen LogP contribution in [0.15, 0.2) is 0 Å². The molecule has 13 heavy (non-hydrogen) atoms. The van der Waals surface area contributed by atoms with E-state index in [1.54, 1.807) is 6.92 Å². The summed E-state index contributed by atoms with van der Waals surface area (Å²) in [6, 6.07) is 0. The van der Waals surface area contributed by atoms with Gasteiger partial charge in [0.15, 0.2) is 0 Å². The van der Waals surface area contributed by atoms with E-state index in [4.69, 9.17) is 4.74 Å². The van der Waals surface area contributed by atoms with Crippen LogP contribution in [0.25, 0.3) is 0 Å². The van der Waals surface area contributed by atoms with Gasteiger partial charge in [0.25, 0.3) is 0 Å². The number of hydrogen-bond donors (Lipinski definition) is 1. The molecule has 0 unspecified atom stereocenters. The first kappa shape index (κ1) is 10.9. The molecule has 3 nitrogen and oxygen atoms in total. The van der Waals surface area contributed by atoms with Crippen LogP contribution in [0, 0.1) is 0 Å². The molecular weight excluding hydrogens is 187 g/mol. The average molecular weight is 206 g/mol. The Morgan fingerprint density at radius 2 is 2.00 bits per heavy atom. The molecular formula is C9H19O3P. The van der Waals surface area contributed by atoms with Crippen LogP contribution in [0.3, 0.4) is 0 Å². The molecule has 0 aromatic heterocycles. The quantitative estimate of drug-likeness (QED) is 0.560. The van der Waals surface area contributed by atoms with E-state index in [0.29, 0.717) is 12.8 Å². The molecule has 0 atom stereocenters. The summed E-state index contributed by atoms with van der Waals surface area (Å²) in [5.74, 6) is -0.210. The molecule has 1 aliphatic rings. The monoisotopic (exact) mass is 206 g/mol. The van der Waals surface area contributed by atoms with Gasteiger partial charge in [-0.2, -0.15) is 0 Å². The zero-order valence-corrected chi connectivity index (χ0v) is 9.21. The summed E-state index contributed by atoms with van der Waals surface area (Å²) >= 11 is 0. The van der Waals surface area contributed by atoms with E-state index in [1.165, 1.54) is 6.42 Å². The normalized spacial score (nSPS) is 23.5. The first-order chi connectivity index (χ1) is 6.16. The molecule has 0 amide bonds. The number of ether oxygens (including phenoxy) is 1. The van der Waals surface area contributed by atoms with E-state index < -0.39 is 7.49 Å². The third-order valence-electron chi connectivity index (χ3n) is 2.56. The molecule has 0 spiro atoms. The molecule has 0 aromatic carbocycles. The van der Waals surface area contributed by atoms with Crippen molar-refractivity contribution in [3.63, 3.8) is 0 Å². The second-order valence-corrected chi connectivity index (χ2v) is 7.57. The van der Waals surface area contributed by atoms with E-state index in [1.807, 2.05) is 0 Å². The fraction of sp³-hybridized carbons (Fsp3) is 0.889. The molecule has 1 heterocycles. The van der Waals surface area contributed by atoms with E-state index >= 15 is 0 Å². The molecule has 78 valence electrons. The zero-order chi connectivity index (χ0) is 9.73. The number of carbonyl (C=O) groups excluding carboxylic acids is 1. The Kier molecular flexibility index (Phi) is 4.14. The summed E-state index contributed by atoms with van der Waals surface area (Å²) in [5, 5.41) is 0. The van der Waals surface area contributed by atoms with Crippen LogP contribution in [0.1, 0.15) is 26.2 Å². The van der Waals surface area contributed by atoms with Crippen molar-refractivity contribution in [1.82, 2.24) is 0 Å². The van der Waals surface area contributed by atoms with Crippen LogP contribution in [-0.4, -0.2) is 36.0 Å². The van der Waals surface area contributed by atoms with Gasteiger partial charge in [0.2, 0.25) is 0 Å². The summed E-state index contributed by atoms with van der Waals surface area (Å²) in [6.07, 6.45) is 5.45. The van der Waals surface area contributed by atoms with Crippen LogP contribution in [0.4, 0.5) is 0 Å².